The fourth-order valence-electron chi connectivity index (χ4n) is 2.30. The first kappa shape index (κ1) is 13.4. The van der Waals surface area contributed by atoms with E-state index in [0.717, 1.165) is 31.6 Å². The molecule has 0 unspecified atom stereocenters. The van der Waals surface area contributed by atoms with Crippen LogP contribution >= 0.6 is 0 Å². The predicted molar refractivity (Wildman–Crippen MR) is 70.0 cm³/mol. The summed E-state index contributed by atoms with van der Waals surface area (Å²) in [5.74, 6) is -0.933. The molecule has 0 bridgehead atoms. The van der Waals surface area contributed by atoms with Crippen LogP contribution in [0.4, 0.5) is 5.69 Å². The Bertz CT molecular complexity index is 488. The molecule has 0 atom stereocenters. The van der Waals surface area contributed by atoms with Crippen molar-refractivity contribution in [2.24, 2.45) is 0 Å². The van der Waals surface area contributed by atoms with Gasteiger partial charge in [-0.25, -0.2) is 4.79 Å². The Labute approximate surface area is 112 Å². The average molecular weight is 260 g/mol. The summed E-state index contributed by atoms with van der Waals surface area (Å²) < 4.78 is 5.29. The number of aliphatic carboxylic acids is 1. The monoisotopic (exact) mass is 260 g/mol. The molecule has 1 aliphatic rings. The van der Waals surface area contributed by atoms with Crippen LogP contribution in [-0.4, -0.2) is 36.9 Å². The zero-order valence-electron chi connectivity index (χ0n) is 10.6. The van der Waals surface area contributed by atoms with Crippen LogP contribution in [0, 0.1) is 11.3 Å². The lowest BCUT2D eigenvalue weighted by Gasteiger charge is -2.33. The summed E-state index contributed by atoms with van der Waals surface area (Å²) in [7, 11) is 0. The van der Waals surface area contributed by atoms with Gasteiger partial charge in [0.25, 0.3) is 0 Å². The molecule has 1 aromatic rings. The highest BCUT2D eigenvalue weighted by molar-refractivity contribution is 5.68. The maximum atomic E-state index is 10.4. The number of hydrogen-bond donors (Lipinski definition) is 1. The van der Waals surface area contributed by atoms with Crippen molar-refractivity contribution in [2.45, 2.75) is 18.9 Å². The van der Waals surface area contributed by atoms with Crippen LogP contribution in [0.5, 0.6) is 0 Å². The number of carbonyl (C=O) groups is 1. The Morgan fingerprint density at radius 3 is 2.74 bits per heavy atom. The molecule has 5 heteroatoms. The average Bonchev–Trinajstić information content (AvgIpc) is 2.45. The van der Waals surface area contributed by atoms with E-state index in [1.165, 1.54) is 0 Å². The topological polar surface area (TPSA) is 73.6 Å². The molecule has 0 spiro atoms. The predicted octanol–water partition coefficient (Wildman–Crippen LogP) is 1.63. The molecular formula is C14H16N2O3. The van der Waals surface area contributed by atoms with Crippen molar-refractivity contribution < 1.29 is 14.6 Å². The Morgan fingerprint density at radius 1 is 1.42 bits per heavy atom. The SMILES string of the molecule is N#Cc1ccccc1N1CCC(OCC(=O)O)CC1. The minimum Gasteiger partial charge on any atom is -0.480 e. The van der Waals surface area contributed by atoms with Gasteiger partial charge in [-0.1, -0.05) is 12.1 Å². The van der Waals surface area contributed by atoms with Crippen LogP contribution in [-0.2, 0) is 9.53 Å². The van der Waals surface area contributed by atoms with Gasteiger partial charge in [-0.05, 0) is 25.0 Å². The minimum absolute atomic E-state index is 0.00148. The first-order valence-corrected chi connectivity index (χ1v) is 6.28. The zero-order chi connectivity index (χ0) is 13.7. The highest BCUT2D eigenvalue weighted by Crippen LogP contribution is 2.24. The van der Waals surface area contributed by atoms with Gasteiger partial charge in [0.2, 0.25) is 0 Å². The van der Waals surface area contributed by atoms with E-state index in [9.17, 15) is 4.79 Å². The quantitative estimate of drug-likeness (QED) is 0.890. The number of rotatable bonds is 4. The van der Waals surface area contributed by atoms with E-state index >= 15 is 0 Å². The number of carboxylic acid groups (broad SMARTS) is 1. The molecule has 0 radical (unpaired) electrons. The Hall–Kier alpha value is -2.06. The van der Waals surface area contributed by atoms with Gasteiger partial charge in [0.05, 0.1) is 17.4 Å². The summed E-state index contributed by atoms with van der Waals surface area (Å²) in [4.78, 5) is 12.6. The summed E-state index contributed by atoms with van der Waals surface area (Å²) in [5.41, 5.74) is 1.62. The van der Waals surface area contributed by atoms with Gasteiger partial charge in [0, 0.05) is 13.1 Å². The molecule has 1 N–H and O–H groups in total. The molecule has 0 amide bonds. The molecule has 1 fully saturated rings. The largest absolute Gasteiger partial charge is 0.480 e. The van der Waals surface area contributed by atoms with Crippen LogP contribution in [0.2, 0.25) is 0 Å². The second kappa shape index (κ2) is 6.21. The second-order valence-corrected chi connectivity index (χ2v) is 4.52. The lowest BCUT2D eigenvalue weighted by molar-refractivity contribution is -0.144. The molecule has 0 aromatic heterocycles. The van der Waals surface area contributed by atoms with E-state index in [1.807, 2.05) is 24.3 Å². The molecule has 1 saturated heterocycles. The van der Waals surface area contributed by atoms with E-state index in [1.54, 1.807) is 0 Å². The number of ether oxygens (including phenoxy) is 1. The Morgan fingerprint density at radius 2 is 2.11 bits per heavy atom. The molecule has 1 heterocycles. The number of anilines is 1. The van der Waals surface area contributed by atoms with Gasteiger partial charge in [0.1, 0.15) is 12.7 Å². The van der Waals surface area contributed by atoms with Crippen molar-refractivity contribution in [3.8, 4) is 6.07 Å². The lowest BCUT2D eigenvalue weighted by Crippen LogP contribution is -2.38. The van der Waals surface area contributed by atoms with Crippen molar-refractivity contribution in [1.29, 1.82) is 5.26 Å². The summed E-state index contributed by atoms with van der Waals surface area (Å²) in [6, 6.07) is 9.71. The van der Waals surface area contributed by atoms with E-state index in [-0.39, 0.29) is 12.7 Å². The van der Waals surface area contributed by atoms with Crippen molar-refractivity contribution in [2.75, 3.05) is 24.6 Å². The van der Waals surface area contributed by atoms with Crippen LogP contribution in [0.25, 0.3) is 0 Å². The highest BCUT2D eigenvalue weighted by atomic mass is 16.5. The summed E-state index contributed by atoms with van der Waals surface area (Å²) in [6.45, 7) is 1.32. The van der Waals surface area contributed by atoms with Crippen LogP contribution in [0.15, 0.2) is 24.3 Å². The van der Waals surface area contributed by atoms with Crippen molar-refractivity contribution in [3.63, 3.8) is 0 Å². The molecule has 1 aromatic carbocycles. The third kappa shape index (κ3) is 3.46. The normalized spacial score (nSPS) is 16.1. The smallest absolute Gasteiger partial charge is 0.329 e. The van der Waals surface area contributed by atoms with Crippen LogP contribution in [0.3, 0.4) is 0 Å². The lowest BCUT2D eigenvalue weighted by atomic mass is 10.1. The third-order valence-electron chi connectivity index (χ3n) is 3.25. The van der Waals surface area contributed by atoms with Crippen molar-refractivity contribution in [3.05, 3.63) is 29.8 Å². The molecule has 19 heavy (non-hydrogen) atoms. The molecule has 0 aliphatic carbocycles. The van der Waals surface area contributed by atoms with Gasteiger partial charge in [-0.2, -0.15) is 5.26 Å². The van der Waals surface area contributed by atoms with Crippen LogP contribution in [0.1, 0.15) is 18.4 Å². The first-order valence-electron chi connectivity index (χ1n) is 6.28. The number of para-hydroxylation sites is 1. The Kier molecular flexibility index (Phi) is 4.37. The van der Waals surface area contributed by atoms with E-state index < -0.39 is 5.97 Å². The number of piperidine rings is 1. The zero-order valence-corrected chi connectivity index (χ0v) is 10.6. The third-order valence-corrected chi connectivity index (χ3v) is 3.25. The minimum atomic E-state index is -0.933. The number of carboxylic acids is 1. The Balaban J connectivity index is 1.93. The summed E-state index contributed by atoms with van der Waals surface area (Å²) >= 11 is 0. The number of nitrogens with zero attached hydrogens (tertiary/aromatic N) is 2. The number of nitriles is 1. The van der Waals surface area contributed by atoms with E-state index in [0.29, 0.717) is 5.56 Å². The number of benzene rings is 1. The van der Waals surface area contributed by atoms with E-state index in [2.05, 4.69) is 11.0 Å². The van der Waals surface area contributed by atoms with E-state index in [4.69, 9.17) is 15.1 Å². The van der Waals surface area contributed by atoms with Gasteiger partial charge in [0.15, 0.2) is 0 Å². The molecule has 5 nitrogen and oxygen atoms in total. The van der Waals surface area contributed by atoms with Gasteiger partial charge in [-0.3, -0.25) is 0 Å². The fourth-order valence-corrected chi connectivity index (χ4v) is 2.30. The van der Waals surface area contributed by atoms with Gasteiger partial charge >= 0.3 is 5.97 Å². The molecule has 0 saturated carbocycles. The fraction of sp³-hybridized carbons (Fsp3) is 0.429. The highest BCUT2D eigenvalue weighted by Gasteiger charge is 2.21. The maximum Gasteiger partial charge on any atom is 0.329 e. The molecule has 2 rings (SSSR count). The van der Waals surface area contributed by atoms with Crippen LogP contribution < -0.4 is 4.90 Å². The maximum absolute atomic E-state index is 10.4. The van der Waals surface area contributed by atoms with Crippen molar-refractivity contribution >= 4 is 11.7 Å². The first-order chi connectivity index (χ1) is 9.20. The summed E-state index contributed by atoms with van der Waals surface area (Å²) in [6.07, 6.45) is 1.57. The second-order valence-electron chi connectivity index (χ2n) is 4.52. The molecule has 1 aliphatic heterocycles. The summed E-state index contributed by atoms with van der Waals surface area (Å²) in [5, 5.41) is 17.7. The van der Waals surface area contributed by atoms with Crippen molar-refractivity contribution in [1.82, 2.24) is 0 Å². The number of hydrogen-bond acceptors (Lipinski definition) is 4. The standard InChI is InChI=1S/C14H16N2O3/c15-9-11-3-1-2-4-13(11)16-7-5-12(6-8-16)19-10-14(17)18/h1-4,12H,5-8,10H2,(H,17,18). The molecular weight excluding hydrogens is 244 g/mol. The molecule has 100 valence electrons. The van der Waals surface area contributed by atoms with Gasteiger partial charge in [-0.15, -0.1) is 0 Å². The van der Waals surface area contributed by atoms with Gasteiger partial charge < -0.3 is 14.7 Å².